The monoisotopic (exact) mass is 349 g/mol. The van der Waals surface area contributed by atoms with E-state index in [4.69, 9.17) is 9.90 Å². The third-order valence-electron chi connectivity index (χ3n) is 0.707. The van der Waals surface area contributed by atoms with Gasteiger partial charge in [0, 0.05) is 6.92 Å². The number of rotatable bonds is 3. The van der Waals surface area contributed by atoms with E-state index in [-0.39, 0.29) is 0 Å². The van der Waals surface area contributed by atoms with Crippen molar-refractivity contribution in [2.24, 2.45) is 0 Å². The number of carboxylic acid groups (broad SMARTS) is 1. The van der Waals surface area contributed by atoms with E-state index in [1.165, 1.54) is 0 Å². The molecule has 2 nitrogen and oxygen atoms in total. The molecule has 0 aliphatic heterocycles. The maximum Gasteiger partial charge on any atom is 0.300 e. The molecule has 0 aromatic heterocycles. The van der Waals surface area contributed by atoms with Crippen molar-refractivity contribution >= 4 is 28.7 Å². The van der Waals surface area contributed by atoms with Crippen molar-refractivity contribution in [1.82, 2.24) is 0 Å². The van der Waals surface area contributed by atoms with Crippen LogP contribution in [-0.2, 0) is 4.79 Å². The quantitative estimate of drug-likeness (QED) is 0.789. The first-order chi connectivity index (χ1) is 5.08. The Labute approximate surface area is 76.1 Å². The molecule has 0 aliphatic rings. The minimum atomic E-state index is -1.50. The summed E-state index contributed by atoms with van der Waals surface area (Å²) in [6, 6.07) is 0. The Hall–Kier alpha value is -0.388. The first-order valence-corrected chi connectivity index (χ1v) is 9.75. The first kappa shape index (κ1) is 13.2. The van der Waals surface area contributed by atoms with Crippen LogP contribution >= 0.6 is 0 Å². The molecule has 0 unspecified atom stereocenters. The number of carbonyl (C=O) groups is 1. The molecular weight excluding hydrogens is 335 g/mol. The Morgan fingerprint density at radius 1 is 1.27 bits per heavy atom. The average Bonchev–Trinajstić information content (AvgIpc) is 1.90. The smallest absolute Gasteiger partial charge is 0.300 e. The number of aliphatic carboxylic acids is 1. The fourth-order valence-electron chi connectivity index (χ4n) is 0.250. The zero-order chi connectivity index (χ0) is 9.28. The predicted molar refractivity (Wildman–Crippen MR) is 49.7 cm³/mol. The van der Waals surface area contributed by atoms with Crippen molar-refractivity contribution in [1.29, 1.82) is 0 Å². The number of hydrogen-bond acceptors (Lipinski definition) is 1. The largest absolute Gasteiger partial charge is 0.481 e. The summed E-state index contributed by atoms with van der Waals surface area (Å²) >= 11 is -1.50. The first-order valence-electron chi connectivity index (χ1n) is 3.02. The fourth-order valence-corrected chi connectivity index (χ4v) is 2.19. The van der Waals surface area contributed by atoms with Crippen LogP contribution in [-0.4, -0.2) is 33.8 Å². The number of hydrogen-bond donors (Lipinski definition) is 1. The summed E-state index contributed by atoms with van der Waals surface area (Å²) in [6.07, 6.45) is 0. The van der Waals surface area contributed by atoms with Gasteiger partial charge in [-0.3, -0.25) is 4.79 Å². The van der Waals surface area contributed by atoms with E-state index in [1.807, 2.05) is 10.9 Å². The molecule has 61 valence electrons. The standard InChI is InChI=1S/C2H4O2.3C2H3.Pb/c1-2(3)4;3*1-2;/h1H3,(H,3,4);3*1H,2H2;. The summed E-state index contributed by atoms with van der Waals surface area (Å²) in [7, 11) is 0. The molecule has 0 spiro atoms. The second-order valence-electron chi connectivity index (χ2n) is 1.63. The zero-order valence-electron chi connectivity index (χ0n) is 6.71. The summed E-state index contributed by atoms with van der Waals surface area (Å²) < 4.78 is 6.01. The van der Waals surface area contributed by atoms with E-state index in [9.17, 15) is 0 Å². The third kappa shape index (κ3) is 17.7. The van der Waals surface area contributed by atoms with Gasteiger partial charge in [-0.05, 0) is 0 Å². The summed E-state index contributed by atoms with van der Waals surface area (Å²) in [6.45, 7) is 12.0. The second-order valence-corrected chi connectivity index (χ2v) is 10.3. The van der Waals surface area contributed by atoms with E-state index in [0.29, 0.717) is 0 Å². The Bertz CT molecular complexity index is 129. The van der Waals surface area contributed by atoms with E-state index in [0.717, 1.165) is 6.92 Å². The molecule has 11 heavy (non-hydrogen) atoms. The van der Waals surface area contributed by atoms with Gasteiger partial charge in [0.2, 0.25) is 0 Å². The van der Waals surface area contributed by atoms with Crippen LogP contribution in [0.25, 0.3) is 0 Å². The fraction of sp³-hybridized carbons (Fsp3) is 0.125. The van der Waals surface area contributed by atoms with Crippen molar-refractivity contribution < 1.29 is 9.90 Å². The van der Waals surface area contributed by atoms with Gasteiger partial charge in [-0.15, -0.1) is 0 Å². The zero-order valence-corrected chi connectivity index (χ0v) is 10.6. The molecule has 1 N–H and O–H groups in total. The van der Waals surface area contributed by atoms with Gasteiger partial charge in [-0.25, -0.2) is 0 Å². The Morgan fingerprint density at radius 2 is 1.45 bits per heavy atom. The predicted octanol–water partition coefficient (Wildman–Crippen LogP) is 1.75. The maximum atomic E-state index is 9.00. The van der Waals surface area contributed by atoms with Gasteiger partial charge >= 0.3 is 53.3 Å². The molecule has 0 fully saturated rings. The SMILES string of the molecule is C=[CH][Pb]([CH]=C)[CH]=C.CC(=O)O. The van der Waals surface area contributed by atoms with Crippen LogP contribution in [0.2, 0.25) is 0 Å². The third-order valence-corrected chi connectivity index (χ3v) is 6.20. The minimum Gasteiger partial charge on any atom is -0.481 e. The van der Waals surface area contributed by atoms with Crippen molar-refractivity contribution in [2.45, 2.75) is 6.92 Å². The van der Waals surface area contributed by atoms with Crippen molar-refractivity contribution in [3.8, 4) is 0 Å². The van der Waals surface area contributed by atoms with E-state index in [2.05, 4.69) is 19.7 Å². The molecule has 0 aromatic carbocycles. The molecule has 1 radical (unpaired) electrons. The van der Waals surface area contributed by atoms with Crippen LogP contribution in [0.3, 0.4) is 0 Å². The van der Waals surface area contributed by atoms with Crippen LogP contribution in [0.4, 0.5) is 0 Å². The van der Waals surface area contributed by atoms with Crippen LogP contribution in [0.5, 0.6) is 0 Å². The van der Waals surface area contributed by atoms with Gasteiger partial charge in [-0.2, -0.15) is 0 Å². The summed E-state index contributed by atoms with van der Waals surface area (Å²) in [5.41, 5.74) is 0. The van der Waals surface area contributed by atoms with E-state index < -0.39 is 28.7 Å². The molecule has 0 rings (SSSR count). The molecule has 3 heteroatoms. The van der Waals surface area contributed by atoms with Gasteiger partial charge < -0.3 is 5.11 Å². The molecular formula is C8H13O2Pb. The summed E-state index contributed by atoms with van der Waals surface area (Å²) in [5, 5.41) is 7.42. The molecule has 0 heterocycles. The summed E-state index contributed by atoms with van der Waals surface area (Å²) in [4.78, 5) is 9.00. The van der Waals surface area contributed by atoms with E-state index >= 15 is 0 Å². The molecule has 0 aliphatic carbocycles. The molecule has 0 saturated carbocycles. The van der Waals surface area contributed by atoms with Crippen LogP contribution in [0, 0.1) is 0 Å². The molecule has 0 aromatic rings. The molecule has 0 saturated heterocycles. The van der Waals surface area contributed by atoms with Gasteiger partial charge in [0.25, 0.3) is 5.97 Å². The van der Waals surface area contributed by atoms with Gasteiger partial charge in [-0.1, -0.05) is 0 Å². The summed E-state index contributed by atoms with van der Waals surface area (Å²) in [5.74, 6) is -0.833. The van der Waals surface area contributed by atoms with Gasteiger partial charge in [0.05, 0.1) is 0 Å². The average molecular weight is 348 g/mol. The molecule has 0 amide bonds. The molecule has 0 atom stereocenters. The van der Waals surface area contributed by atoms with Crippen molar-refractivity contribution in [3.05, 3.63) is 30.6 Å². The molecule has 0 bridgehead atoms. The maximum absolute atomic E-state index is 9.00. The number of carboxylic acids is 1. The van der Waals surface area contributed by atoms with Gasteiger partial charge in [0.15, 0.2) is 0 Å². The minimum absolute atomic E-state index is 0.833. The Balaban J connectivity index is 0. The van der Waals surface area contributed by atoms with E-state index in [1.54, 1.807) is 0 Å². The Morgan fingerprint density at radius 3 is 1.45 bits per heavy atom. The van der Waals surface area contributed by atoms with Crippen LogP contribution < -0.4 is 0 Å². The van der Waals surface area contributed by atoms with Crippen molar-refractivity contribution in [3.63, 3.8) is 0 Å². The Kier molecular flexibility index (Phi) is 11.6. The normalized spacial score (nSPS) is 7.45. The van der Waals surface area contributed by atoms with Crippen molar-refractivity contribution in [2.75, 3.05) is 0 Å². The van der Waals surface area contributed by atoms with Gasteiger partial charge in [0.1, 0.15) is 0 Å². The van der Waals surface area contributed by atoms with Crippen LogP contribution in [0.15, 0.2) is 30.6 Å². The van der Waals surface area contributed by atoms with Crippen LogP contribution in [0.1, 0.15) is 6.92 Å². The topological polar surface area (TPSA) is 37.3 Å². The second kappa shape index (κ2) is 9.61.